The van der Waals surface area contributed by atoms with E-state index >= 15 is 0 Å². The van der Waals surface area contributed by atoms with Crippen LogP contribution in [0.25, 0.3) is 10.2 Å². The molecule has 0 saturated carbocycles. The molecule has 0 radical (unpaired) electrons. The van der Waals surface area contributed by atoms with E-state index in [1.54, 1.807) is 11.3 Å². The van der Waals surface area contributed by atoms with E-state index in [2.05, 4.69) is 10.3 Å². The van der Waals surface area contributed by atoms with Gasteiger partial charge in [-0.3, -0.25) is 0 Å². The third-order valence-electron chi connectivity index (χ3n) is 3.04. The molecule has 6 heteroatoms. The molecule has 0 atom stereocenters. The SMILES string of the molecule is Cc1nc2cc(Nc3ccc(F)cc3C#N)c(N)cc2s1. The maximum atomic E-state index is 13.2. The fraction of sp³-hybridized carbons (Fsp3) is 0.0667. The predicted octanol–water partition coefficient (Wildman–Crippen LogP) is 3.94. The predicted molar refractivity (Wildman–Crippen MR) is 83.2 cm³/mol. The van der Waals surface area contributed by atoms with E-state index in [1.807, 2.05) is 25.1 Å². The second-order valence-electron chi connectivity index (χ2n) is 4.57. The summed E-state index contributed by atoms with van der Waals surface area (Å²) in [4.78, 5) is 4.41. The summed E-state index contributed by atoms with van der Waals surface area (Å²) in [7, 11) is 0. The molecule has 2 aromatic carbocycles. The average Bonchev–Trinajstić information content (AvgIpc) is 2.80. The second-order valence-corrected chi connectivity index (χ2v) is 5.80. The van der Waals surface area contributed by atoms with E-state index < -0.39 is 5.82 Å². The zero-order chi connectivity index (χ0) is 15.0. The molecular weight excluding hydrogens is 287 g/mol. The molecular formula is C15H11FN4S. The van der Waals surface area contributed by atoms with Gasteiger partial charge in [-0.25, -0.2) is 9.37 Å². The first-order chi connectivity index (χ1) is 10.1. The number of nitrogens with two attached hydrogens (primary N) is 1. The topological polar surface area (TPSA) is 74.7 Å². The normalized spacial score (nSPS) is 10.5. The smallest absolute Gasteiger partial charge is 0.124 e. The van der Waals surface area contributed by atoms with Crippen LogP contribution in [0.3, 0.4) is 0 Å². The fourth-order valence-corrected chi connectivity index (χ4v) is 2.93. The quantitative estimate of drug-likeness (QED) is 0.703. The second kappa shape index (κ2) is 5.04. The summed E-state index contributed by atoms with van der Waals surface area (Å²) in [5.41, 5.74) is 8.81. The Morgan fingerprint density at radius 1 is 1.29 bits per heavy atom. The van der Waals surface area contributed by atoms with Gasteiger partial charge in [-0.05, 0) is 37.3 Å². The minimum absolute atomic E-state index is 0.226. The number of nitrogen functional groups attached to an aromatic ring is 1. The van der Waals surface area contributed by atoms with Gasteiger partial charge >= 0.3 is 0 Å². The molecule has 3 rings (SSSR count). The van der Waals surface area contributed by atoms with Crippen molar-refractivity contribution in [1.29, 1.82) is 5.26 Å². The van der Waals surface area contributed by atoms with Crippen LogP contribution in [-0.2, 0) is 0 Å². The van der Waals surface area contributed by atoms with E-state index in [1.165, 1.54) is 18.2 Å². The van der Waals surface area contributed by atoms with E-state index in [0.717, 1.165) is 15.2 Å². The number of thiazole rings is 1. The molecule has 0 saturated heterocycles. The molecule has 4 nitrogen and oxygen atoms in total. The Labute approximate surface area is 124 Å². The van der Waals surface area contributed by atoms with Gasteiger partial charge < -0.3 is 11.1 Å². The molecule has 3 N–H and O–H groups in total. The number of nitrogens with one attached hydrogen (secondary N) is 1. The van der Waals surface area contributed by atoms with E-state index in [0.29, 0.717) is 17.1 Å². The number of aryl methyl sites for hydroxylation is 1. The number of hydrogen-bond acceptors (Lipinski definition) is 5. The summed E-state index contributed by atoms with van der Waals surface area (Å²) < 4.78 is 14.2. The van der Waals surface area contributed by atoms with E-state index in [4.69, 9.17) is 11.0 Å². The maximum Gasteiger partial charge on any atom is 0.124 e. The molecule has 0 aliphatic carbocycles. The number of nitrogens with zero attached hydrogens (tertiary/aromatic N) is 2. The van der Waals surface area contributed by atoms with Crippen LogP contribution in [0, 0.1) is 24.1 Å². The van der Waals surface area contributed by atoms with Crippen molar-refractivity contribution in [3.8, 4) is 6.07 Å². The lowest BCUT2D eigenvalue weighted by atomic mass is 10.1. The van der Waals surface area contributed by atoms with Crippen molar-refractivity contribution in [3.63, 3.8) is 0 Å². The number of nitriles is 1. The third-order valence-corrected chi connectivity index (χ3v) is 3.97. The first-order valence-corrected chi connectivity index (χ1v) is 7.02. The highest BCUT2D eigenvalue weighted by molar-refractivity contribution is 7.18. The van der Waals surface area contributed by atoms with Crippen LogP contribution in [0.4, 0.5) is 21.5 Å². The third kappa shape index (κ3) is 2.51. The standard InChI is InChI=1S/C15H11FN4S/c1-8-19-14-6-13(11(18)5-15(14)21-8)20-12-3-2-10(16)4-9(12)7-17/h2-6,20H,18H2,1H3. The Kier molecular flexibility index (Phi) is 3.20. The summed E-state index contributed by atoms with van der Waals surface area (Å²) >= 11 is 1.57. The molecule has 0 unspecified atom stereocenters. The lowest BCUT2D eigenvalue weighted by molar-refractivity contribution is 0.627. The fourth-order valence-electron chi connectivity index (χ4n) is 2.08. The lowest BCUT2D eigenvalue weighted by Crippen LogP contribution is -1.98. The number of halogens is 1. The molecule has 0 spiro atoms. The lowest BCUT2D eigenvalue weighted by Gasteiger charge is -2.10. The Balaban J connectivity index is 2.05. The molecule has 104 valence electrons. The van der Waals surface area contributed by atoms with Gasteiger partial charge in [0.25, 0.3) is 0 Å². The van der Waals surface area contributed by atoms with Crippen LogP contribution in [0.15, 0.2) is 30.3 Å². The van der Waals surface area contributed by atoms with Gasteiger partial charge in [-0.1, -0.05) is 0 Å². The van der Waals surface area contributed by atoms with Crippen LogP contribution < -0.4 is 11.1 Å². The Morgan fingerprint density at radius 3 is 2.86 bits per heavy atom. The molecule has 0 fully saturated rings. The Morgan fingerprint density at radius 2 is 2.10 bits per heavy atom. The summed E-state index contributed by atoms with van der Waals surface area (Å²) in [5.74, 6) is -0.448. The van der Waals surface area contributed by atoms with Crippen molar-refractivity contribution < 1.29 is 4.39 Å². The first kappa shape index (κ1) is 13.3. The largest absolute Gasteiger partial charge is 0.397 e. The highest BCUT2D eigenvalue weighted by Crippen LogP contribution is 2.32. The molecule has 21 heavy (non-hydrogen) atoms. The summed E-state index contributed by atoms with van der Waals surface area (Å²) in [6.07, 6.45) is 0. The molecule has 0 amide bonds. The molecule has 3 aromatic rings. The van der Waals surface area contributed by atoms with Crippen LogP contribution in [0.5, 0.6) is 0 Å². The molecule has 0 bridgehead atoms. The van der Waals surface area contributed by atoms with Crippen LogP contribution in [0.1, 0.15) is 10.6 Å². The number of fused-ring (bicyclic) bond motifs is 1. The summed E-state index contributed by atoms with van der Waals surface area (Å²) in [5, 5.41) is 13.1. The zero-order valence-corrected chi connectivity index (χ0v) is 12.0. The van der Waals surface area contributed by atoms with Crippen LogP contribution in [0.2, 0.25) is 0 Å². The number of anilines is 3. The van der Waals surface area contributed by atoms with E-state index in [-0.39, 0.29) is 5.56 Å². The van der Waals surface area contributed by atoms with Crippen LogP contribution >= 0.6 is 11.3 Å². The Bertz CT molecular complexity index is 879. The van der Waals surface area contributed by atoms with E-state index in [9.17, 15) is 4.39 Å². The van der Waals surface area contributed by atoms with Crippen molar-refractivity contribution in [3.05, 3.63) is 46.7 Å². The number of benzene rings is 2. The van der Waals surface area contributed by atoms with Crippen molar-refractivity contribution in [2.75, 3.05) is 11.1 Å². The molecule has 1 heterocycles. The van der Waals surface area contributed by atoms with Crippen molar-refractivity contribution in [2.24, 2.45) is 0 Å². The average molecular weight is 298 g/mol. The molecule has 0 aliphatic heterocycles. The highest BCUT2D eigenvalue weighted by atomic mass is 32.1. The Hall–Kier alpha value is -2.65. The van der Waals surface area contributed by atoms with Crippen molar-refractivity contribution in [2.45, 2.75) is 6.92 Å². The van der Waals surface area contributed by atoms with Gasteiger partial charge in [0.15, 0.2) is 0 Å². The molecule has 0 aliphatic rings. The van der Waals surface area contributed by atoms with Gasteiger partial charge in [0.1, 0.15) is 11.9 Å². The van der Waals surface area contributed by atoms with Gasteiger partial charge in [-0.15, -0.1) is 11.3 Å². The summed E-state index contributed by atoms with van der Waals surface area (Å²) in [6.45, 7) is 1.93. The van der Waals surface area contributed by atoms with Gasteiger partial charge in [0.05, 0.1) is 37.8 Å². The van der Waals surface area contributed by atoms with Crippen molar-refractivity contribution in [1.82, 2.24) is 4.98 Å². The highest BCUT2D eigenvalue weighted by Gasteiger charge is 2.09. The van der Waals surface area contributed by atoms with Crippen molar-refractivity contribution >= 4 is 38.6 Å². The maximum absolute atomic E-state index is 13.2. The van der Waals surface area contributed by atoms with Gasteiger partial charge in [0, 0.05) is 0 Å². The minimum Gasteiger partial charge on any atom is -0.397 e. The van der Waals surface area contributed by atoms with Gasteiger partial charge in [0.2, 0.25) is 0 Å². The number of aromatic nitrogens is 1. The number of rotatable bonds is 2. The zero-order valence-electron chi connectivity index (χ0n) is 11.1. The monoisotopic (exact) mass is 298 g/mol. The van der Waals surface area contributed by atoms with Crippen LogP contribution in [-0.4, -0.2) is 4.98 Å². The number of hydrogen-bond donors (Lipinski definition) is 2. The molecule has 1 aromatic heterocycles. The van der Waals surface area contributed by atoms with Gasteiger partial charge in [-0.2, -0.15) is 5.26 Å². The first-order valence-electron chi connectivity index (χ1n) is 6.20. The summed E-state index contributed by atoms with van der Waals surface area (Å²) in [6, 6.07) is 9.64. The minimum atomic E-state index is -0.448.